The molecule has 23 heavy (non-hydrogen) atoms. The molecular weight excluding hydrogens is 312 g/mol. The number of rotatable bonds is 7. The van der Waals surface area contributed by atoms with Crippen molar-refractivity contribution in [2.24, 2.45) is 0 Å². The molecular formula is C18H23ClN2O2. The number of ether oxygens (including phenoxy) is 1. The van der Waals surface area contributed by atoms with E-state index >= 15 is 0 Å². The van der Waals surface area contributed by atoms with Crippen LogP contribution in [0.15, 0.2) is 48.5 Å². The second-order valence-corrected chi connectivity index (χ2v) is 5.17. The fourth-order valence-electron chi connectivity index (χ4n) is 2.10. The first-order chi connectivity index (χ1) is 10.7. The lowest BCUT2D eigenvalue weighted by Gasteiger charge is -2.12. The number of amides is 1. The molecule has 0 bridgehead atoms. The number of nitrogens with one attached hydrogen (secondary N) is 2. The van der Waals surface area contributed by atoms with Gasteiger partial charge in [0, 0.05) is 6.42 Å². The quantitative estimate of drug-likeness (QED) is 0.748. The molecule has 0 heterocycles. The minimum Gasteiger partial charge on any atom is -0.455 e. The molecule has 2 rings (SSSR count). The van der Waals surface area contributed by atoms with E-state index in [-0.39, 0.29) is 18.3 Å². The Morgan fingerprint density at radius 1 is 1.13 bits per heavy atom. The number of benzene rings is 2. The number of hydrogen-bond acceptors (Lipinski definition) is 3. The van der Waals surface area contributed by atoms with E-state index in [1.165, 1.54) is 0 Å². The Kier molecular flexibility index (Phi) is 8.16. The summed E-state index contributed by atoms with van der Waals surface area (Å²) in [4.78, 5) is 12.0. The molecule has 5 heteroatoms. The summed E-state index contributed by atoms with van der Waals surface area (Å²) >= 11 is 0. The van der Waals surface area contributed by atoms with Gasteiger partial charge in [-0.15, -0.1) is 12.4 Å². The average Bonchev–Trinajstić information content (AvgIpc) is 2.50. The first-order valence-electron chi connectivity index (χ1n) is 7.47. The fraction of sp³-hybridized carbons (Fsp3) is 0.278. The van der Waals surface area contributed by atoms with E-state index in [9.17, 15) is 4.79 Å². The normalized spacial score (nSPS) is 9.83. The van der Waals surface area contributed by atoms with E-state index in [0.29, 0.717) is 17.9 Å². The van der Waals surface area contributed by atoms with Gasteiger partial charge in [0.05, 0.1) is 5.69 Å². The number of halogens is 1. The number of anilines is 1. The molecule has 0 aliphatic heterocycles. The van der Waals surface area contributed by atoms with Crippen LogP contribution < -0.4 is 15.4 Å². The highest BCUT2D eigenvalue weighted by Crippen LogP contribution is 2.29. The summed E-state index contributed by atoms with van der Waals surface area (Å²) in [5.41, 5.74) is 1.82. The Balaban J connectivity index is 0.00000264. The lowest BCUT2D eigenvalue weighted by molar-refractivity contribution is -0.116. The zero-order chi connectivity index (χ0) is 15.8. The van der Waals surface area contributed by atoms with Crippen molar-refractivity contribution in [3.8, 4) is 11.5 Å². The van der Waals surface area contributed by atoms with Crippen molar-refractivity contribution in [1.29, 1.82) is 0 Å². The second-order valence-electron chi connectivity index (χ2n) is 5.17. The van der Waals surface area contributed by atoms with Crippen LogP contribution >= 0.6 is 12.4 Å². The van der Waals surface area contributed by atoms with Crippen LogP contribution in [-0.2, 0) is 4.79 Å². The van der Waals surface area contributed by atoms with Crippen LogP contribution in [-0.4, -0.2) is 19.5 Å². The molecule has 0 unspecified atom stereocenters. The summed E-state index contributed by atoms with van der Waals surface area (Å²) in [6, 6.07) is 15.3. The summed E-state index contributed by atoms with van der Waals surface area (Å²) in [6.45, 7) is 2.84. The maximum Gasteiger partial charge on any atom is 0.224 e. The molecule has 2 aromatic carbocycles. The number of para-hydroxylation sites is 2. The summed E-state index contributed by atoms with van der Waals surface area (Å²) < 4.78 is 5.89. The molecule has 0 radical (unpaired) electrons. The molecule has 124 valence electrons. The monoisotopic (exact) mass is 334 g/mol. The Morgan fingerprint density at radius 2 is 1.91 bits per heavy atom. The van der Waals surface area contributed by atoms with E-state index in [1.807, 2.05) is 62.5 Å². The van der Waals surface area contributed by atoms with Crippen LogP contribution in [0.5, 0.6) is 11.5 Å². The summed E-state index contributed by atoms with van der Waals surface area (Å²) in [5, 5.41) is 5.94. The molecule has 1 amide bonds. The van der Waals surface area contributed by atoms with Gasteiger partial charge in [0.15, 0.2) is 5.75 Å². The smallest absolute Gasteiger partial charge is 0.224 e. The topological polar surface area (TPSA) is 50.4 Å². The zero-order valence-corrected chi connectivity index (χ0v) is 14.3. The minimum atomic E-state index is -0.00413. The molecule has 0 atom stereocenters. The Bertz CT molecular complexity index is 632. The lowest BCUT2D eigenvalue weighted by Crippen LogP contribution is -2.15. The first kappa shape index (κ1) is 19.0. The molecule has 0 aliphatic rings. The Labute approximate surface area is 143 Å². The molecule has 2 aromatic rings. The van der Waals surface area contributed by atoms with Gasteiger partial charge in [0.2, 0.25) is 5.91 Å². The molecule has 0 aromatic heterocycles. The maximum absolute atomic E-state index is 12.0. The third-order valence-electron chi connectivity index (χ3n) is 3.21. The Morgan fingerprint density at radius 3 is 2.65 bits per heavy atom. The predicted molar refractivity (Wildman–Crippen MR) is 96.7 cm³/mol. The van der Waals surface area contributed by atoms with Gasteiger partial charge in [0.1, 0.15) is 5.75 Å². The molecule has 0 aliphatic carbocycles. The van der Waals surface area contributed by atoms with Crippen LogP contribution in [0.1, 0.15) is 18.4 Å². The number of hydrogen-bond donors (Lipinski definition) is 2. The fourth-order valence-corrected chi connectivity index (χ4v) is 2.10. The average molecular weight is 335 g/mol. The SMILES string of the molecule is CNCCCC(=O)Nc1ccccc1Oc1cccc(C)c1.Cl. The minimum absolute atomic E-state index is 0. The van der Waals surface area contributed by atoms with Gasteiger partial charge in [0.25, 0.3) is 0 Å². The van der Waals surface area contributed by atoms with Gasteiger partial charge in [-0.25, -0.2) is 0 Å². The maximum atomic E-state index is 12.0. The highest BCUT2D eigenvalue weighted by molar-refractivity contribution is 5.92. The molecule has 0 saturated heterocycles. The molecule has 2 N–H and O–H groups in total. The first-order valence-corrected chi connectivity index (χ1v) is 7.47. The van der Waals surface area contributed by atoms with Crippen molar-refractivity contribution in [2.45, 2.75) is 19.8 Å². The zero-order valence-electron chi connectivity index (χ0n) is 13.5. The van der Waals surface area contributed by atoms with Crippen molar-refractivity contribution in [1.82, 2.24) is 5.32 Å². The largest absolute Gasteiger partial charge is 0.455 e. The van der Waals surface area contributed by atoms with Gasteiger partial charge in [-0.1, -0.05) is 24.3 Å². The van der Waals surface area contributed by atoms with Crippen molar-refractivity contribution in [2.75, 3.05) is 18.9 Å². The van der Waals surface area contributed by atoms with E-state index in [0.717, 1.165) is 24.3 Å². The number of carbonyl (C=O) groups is 1. The molecule has 0 fully saturated rings. The van der Waals surface area contributed by atoms with E-state index < -0.39 is 0 Å². The Hall–Kier alpha value is -2.04. The third kappa shape index (κ3) is 6.30. The van der Waals surface area contributed by atoms with Crippen LogP contribution in [0.2, 0.25) is 0 Å². The number of carbonyl (C=O) groups excluding carboxylic acids is 1. The van der Waals surface area contributed by atoms with Gasteiger partial charge in [-0.05, 0) is 56.8 Å². The molecule has 0 saturated carbocycles. The highest BCUT2D eigenvalue weighted by Gasteiger charge is 2.08. The van der Waals surface area contributed by atoms with Crippen molar-refractivity contribution < 1.29 is 9.53 Å². The van der Waals surface area contributed by atoms with E-state index in [2.05, 4.69) is 10.6 Å². The standard InChI is InChI=1S/C18H22N2O2.ClH/c1-14-7-5-8-15(13-14)22-17-10-4-3-9-16(17)20-18(21)11-6-12-19-2;/h3-5,7-10,13,19H,6,11-12H2,1-2H3,(H,20,21);1H. The highest BCUT2D eigenvalue weighted by atomic mass is 35.5. The summed E-state index contributed by atoms with van der Waals surface area (Å²) in [6.07, 6.45) is 1.29. The van der Waals surface area contributed by atoms with Crippen LogP contribution in [0.3, 0.4) is 0 Å². The molecule has 0 spiro atoms. The van der Waals surface area contributed by atoms with Crippen LogP contribution in [0.25, 0.3) is 0 Å². The van der Waals surface area contributed by atoms with Crippen molar-refractivity contribution in [3.05, 3.63) is 54.1 Å². The molecule has 4 nitrogen and oxygen atoms in total. The van der Waals surface area contributed by atoms with Gasteiger partial charge in [-0.3, -0.25) is 4.79 Å². The van der Waals surface area contributed by atoms with Crippen LogP contribution in [0.4, 0.5) is 5.69 Å². The third-order valence-corrected chi connectivity index (χ3v) is 3.21. The summed E-state index contributed by atoms with van der Waals surface area (Å²) in [5.74, 6) is 1.41. The summed E-state index contributed by atoms with van der Waals surface area (Å²) in [7, 11) is 1.88. The lowest BCUT2D eigenvalue weighted by atomic mass is 10.2. The second kappa shape index (κ2) is 9.87. The van der Waals surface area contributed by atoms with Gasteiger partial charge in [-0.2, -0.15) is 0 Å². The van der Waals surface area contributed by atoms with Crippen molar-refractivity contribution in [3.63, 3.8) is 0 Å². The number of aryl methyl sites for hydroxylation is 1. The van der Waals surface area contributed by atoms with E-state index in [4.69, 9.17) is 4.74 Å². The van der Waals surface area contributed by atoms with Gasteiger partial charge >= 0.3 is 0 Å². The van der Waals surface area contributed by atoms with Gasteiger partial charge < -0.3 is 15.4 Å². The van der Waals surface area contributed by atoms with Crippen LogP contribution in [0, 0.1) is 6.92 Å². The van der Waals surface area contributed by atoms with E-state index in [1.54, 1.807) is 0 Å². The predicted octanol–water partition coefficient (Wildman–Crippen LogP) is 4.15. The van der Waals surface area contributed by atoms with Crippen molar-refractivity contribution >= 4 is 24.0 Å².